The van der Waals surface area contributed by atoms with Gasteiger partial charge in [0.15, 0.2) is 11.0 Å². The van der Waals surface area contributed by atoms with Gasteiger partial charge in [-0.2, -0.15) is 0 Å². The van der Waals surface area contributed by atoms with Crippen LogP contribution in [-0.2, 0) is 12.3 Å². The van der Waals surface area contributed by atoms with Crippen molar-refractivity contribution in [1.29, 1.82) is 0 Å². The minimum Gasteiger partial charge on any atom is -0.469 e. The lowest BCUT2D eigenvalue weighted by molar-refractivity contribution is 0.534. The van der Waals surface area contributed by atoms with Crippen molar-refractivity contribution in [2.24, 2.45) is 0 Å². The fourth-order valence-electron chi connectivity index (χ4n) is 2.72. The van der Waals surface area contributed by atoms with E-state index >= 15 is 0 Å². The SMILES string of the molecule is C=CCn1c(SCc2ccccc2N(C)C)nnc1-c1ccoc1C. The van der Waals surface area contributed by atoms with Gasteiger partial charge >= 0.3 is 0 Å². The third-order valence-electron chi connectivity index (χ3n) is 3.96. The summed E-state index contributed by atoms with van der Waals surface area (Å²) in [6.07, 6.45) is 3.54. The zero-order valence-electron chi connectivity index (χ0n) is 14.8. The maximum absolute atomic E-state index is 5.41. The number of nitrogens with zero attached hydrogens (tertiary/aromatic N) is 4. The fraction of sp³-hybridized carbons (Fsp3) is 0.263. The Hall–Kier alpha value is -2.47. The third-order valence-corrected chi connectivity index (χ3v) is 4.97. The zero-order valence-corrected chi connectivity index (χ0v) is 15.6. The Bertz CT molecular complexity index is 866. The highest BCUT2D eigenvalue weighted by Gasteiger charge is 2.17. The van der Waals surface area contributed by atoms with Gasteiger partial charge < -0.3 is 9.32 Å². The molecule has 0 atom stereocenters. The van der Waals surface area contributed by atoms with Crippen LogP contribution in [0.1, 0.15) is 11.3 Å². The summed E-state index contributed by atoms with van der Waals surface area (Å²) >= 11 is 1.68. The first-order valence-electron chi connectivity index (χ1n) is 8.08. The van der Waals surface area contributed by atoms with Gasteiger partial charge in [0.25, 0.3) is 0 Å². The first-order chi connectivity index (χ1) is 12.1. The van der Waals surface area contributed by atoms with E-state index in [1.165, 1.54) is 11.3 Å². The van der Waals surface area contributed by atoms with Gasteiger partial charge in [-0.25, -0.2) is 0 Å². The van der Waals surface area contributed by atoms with E-state index < -0.39 is 0 Å². The quantitative estimate of drug-likeness (QED) is 0.465. The Morgan fingerprint density at radius 1 is 1.24 bits per heavy atom. The van der Waals surface area contributed by atoms with Crippen molar-refractivity contribution in [1.82, 2.24) is 14.8 Å². The molecule has 0 radical (unpaired) electrons. The van der Waals surface area contributed by atoms with Crippen LogP contribution >= 0.6 is 11.8 Å². The van der Waals surface area contributed by atoms with Crippen LogP contribution < -0.4 is 4.90 Å². The number of hydrogen-bond acceptors (Lipinski definition) is 5. The summed E-state index contributed by atoms with van der Waals surface area (Å²) < 4.78 is 7.49. The minimum atomic E-state index is 0.657. The van der Waals surface area contributed by atoms with Crippen molar-refractivity contribution in [3.8, 4) is 11.4 Å². The van der Waals surface area contributed by atoms with Crippen LogP contribution in [0.15, 0.2) is 58.8 Å². The molecule has 0 saturated carbocycles. The molecular formula is C19H22N4OS. The molecule has 5 nitrogen and oxygen atoms in total. The summed E-state index contributed by atoms with van der Waals surface area (Å²) in [5, 5.41) is 9.65. The summed E-state index contributed by atoms with van der Waals surface area (Å²) in [5.74, 6) is 2.48. The summed E-state index contributed by atoms with van der Waals surface area (Å²) in [7, 11) is 4.12. The number of hydrogen-bond donors (Lipinski definition) is 0. The highest BCUT2D eigenvalue weighted by molar-refractivity contribution is 7.98. The Kier molecular flexibility index (Phi) is 5.28. The van der Waals surface area contributed by atoms with Crippen LogP contribution in [0.25, 0.3) is 11.4 Å². The second kappa shape index (κ2) is 7.61. The number of thioether (sulfide) groups is 1. The predicted octanol–water partition coefficient (Wildman–Crippen LogP) is 4.39. The maximum Gasteiger partial charge on any atom is 0.192 e. The Morgan fingerprint density at radius 3 is 2.72 bits per heavy atom. The molecule has 1 aromatic carbocycles. The van der Waals surface area contributed by atoms with Gasteiger partial charge in [-0.15, -0.1) is 16.8 Å². The van der Waals surface area contributed by atoms with Crippen molar-refractivity contribution in [2.45, 2.75) is 24.4 Å². The van der Waals surface area contributed by atoms with Crippen molar-refractivity contribution in [3.05, 3.63) is 60.6 Å². The topological polar surface area (TPSA) is 47.1 Å². The second-order valence-electron chi connectivity index (χ2n) is 5.91. The molecule has 0 unspecified atom stereocenters. The van der Waals surface area contributed by atoms with E-state index in [1.54, 1.807) is 18.0 Å². The average Bonchev–Trinajstić information content (AvgIpc) is 3.19. The summed E-state index contributed by atoms with van der Waals surface area (Å²) in [6, 6.07) is 10.3. The molecule has 0 aliphatic rings. The average molecular weight is 354 g/mol. The fourth-order valence-corrected chi connectivity index (χ4v) is 3.66. The van der Waals surface area contributed by atoms with Crippen LogP contribution in [0.2, 0.25) is 0 Å². The van der Waals surface area contributed by atoms with Crippen molar-refractivity contribution in [2.75, 3.05) is 19.0 Å². The molecule has 0 amide bonds. The number of rotatable bonds is 7. The summed E-state index contributed by atoms with van der Waals surface area (Å²) in [5.41, 5.74) is 3.46. The van der Waals surface area contributed by atoms with Gasteiger partial charge in [0.2, 0.25) is 0 Å². The second-order valence-corrected chi connectivity index (χ2v) is 6.85. The molecular weight excluding hydrogens is 332 g/mol. The van der Waals surface area contributed by atoms with Crippen molar-refractivity contribution < 1.29 is 4.42 Å². The highest BCUT2D eigenvalue weighted by atomic mass is 32.2. The number of allylic oxidation sites excluding steroid dienone is 1. The lowest BCUT2D eigenvalue weighted by Crippen LogP contribution is -2.10. The van der Waals surface area contributed by atoms with Crippen molar-refractivity contribution in [3.63, 3.8) is 0 Å². The van der Waals surface area contributed by atoms with E-state index in [0.717, 1.165) is 28.1 Å². The standard InChI is InChI=1S/C19H22N4OS/c1-5-11-23-18(16-10-12-24-14(16)2)20-21-19(23)25-13-15-8-6-7-9-17(15)22(3)4/h5-10,12H,1,11,13H2,2-4H3. The van der Waals surface area contributed by atoms with E-state index in [0.29, 0.717) is 6.54 Å². The maximum atomic E-state index is 5.41. The highest BCUT2D eigenvalue weighted by Crippen LogP contribution is 2.30. The zero-order chi connectivity index (χ0) is 17.8. The number of aryl methyl sites for hydroxylation is 1. The Morgan fingerprint density at radius 2 is 2.04 bits per heavy atom. The molecule has 2 heterocycles. The van der Waals surface area contributed by atoms with Gasteiger partial charge in [0, 0.05) is 32.1 Å². The monoisotopic (exact) mass is 354 g/mol. The molecule has 0 spiro atoms. The summed E-state index contributed by atoms with van der Waals surface area (Å²) in [6.45, 7) is 6.45. The molecule has 3 rings (SSSR count). The van der Waals surface area contributed by atoms with E-state index in [9.17, 15) is 0 Å². The molecule has 3 aromatic rings. The number of anilines is 1. The lowest BCUT2D eigenvalue weighted by Gasteiger charge is -2.17. The summed E-state index contributed by atoms with van der Waals surface area (Å²) in [4.78, 5) is 2.13. The van der Waals surface area contributed by atoms with Crippen LogP contribution in [0, 0.1) is 6.92 Å². The molecule has 2 aromatic heterocycles. The Balaban J connectivity index is 1.88. The predicted molar refractivity (Wildman–Crippen MR) is 103 cm³/mol. The molecule has 0 aliphatic heterocycles. The first kappa shape index (κ1) is 17.4. The Labute approximate surface area is 152 Å². The van der Waals surface area contributed by atoms with E-state index in [2.05, 4.69) is 64.6 Å². The molecule has 0 fully saturated rings. The van der Waals surface area contributed by atoms with Crippen LogP contribution in [0.3, 0.4) is 0 Å². The third kappa shape index (κ3) is 3.64. The van der Waals surface area contributed by atoms with Gasteiger partial charge in [-0.1, -0.05) is 36.0 Å². The number of aromatic nitrogens is 3. The number of para-hydroxylation sites is 1. The van der Waals surface area contributed by atoms with Crippen LogP contribution in [0.4, 0.5) is 5.69 Å². The first-order valence-corrected chi connectivity index (χ1v) is 9.07. The molecule has 0 saturated heterocycles. The molecule has 130 valence electrons. The molecule has 25 heavy (non-hydrogen) atoms. The van der Waals surface area contributed by atoms with Crippen molar-refractivity contribution >= 4 is 17.4 Å². The van der Waals surface area contributed by atoms with Crippen LogP contribution in [-0.4, -0.2) is 28.9 Å². The minimum absolute atomic E-state index is 0.657. The molecule has 6 heteroatoms. The van der Waals surface area contributed by atoms with E-state index in [4.69, 9.17) is 4.42 Å². The number of furan rings is 1. The molecule has 0 aliphatic carbocycles. The van der Waals surface area contributed by atoms with Crippen LogP contribution in [0.5, 0.6) is 0 Å². The van der Waals surface area contributed by atoms with Gasteiger partial charge in [-0.3, -0.25) is 4.57 Å². The number of benzene rings is 1. The smallest absolute Gasteiger partial charge is 0.192 e. The van der Waals surface area contributed by atoms with Gasteiger partial charge in [-0.05, 0) is 24.6 Å². The van der Waals surface area contributed by atoms with Gasteiger partial charge in [0.05, 0.1) is 11.8 Å². The normalized spacial score (nSPS) is 10.8. The van der Waals surface area contributed by atoms with E-state index in [1.807, 2.05) is 19.1 Å². The largest absolute Gasteiger partial charge is 0.469 e. The lowest BCUT2D eigenvalue weighted by atomic mass is 10.2. The van der Waals surface area contributed by atoms with E-state index in [-0.39, 0.29) is 0 Å². The van der Waals surface area contributed by atoms with Gasteiger partial charge in [0.1, 0.15) is 5.76 Å². The molecule has 0 N–H and O–H groups in total. The molecule has 0 bridgehead atoms.